The first kappa shape index (κ1) is 32.0. The molecule has 5 aliphatic heterocycles. The molecule has 0 spiro atoms. The topological polar surface area (TPSA) is 116 Å². The zero-order valence-electron chi connectivity index (χ0n) is 27.9. The van der Waals surface area contributed by atoms with Gasteiger partial charge in [0.2, 0.25) is 5.91 Å². The molecular formula is C37H42N4O7+2. The van der Waals surface area contributed by atoms with Crippen LogP contribution < -0.4 is 4.74 Å². The van der Waals surface area contributed by atoms with Crippen LogP contribution in [0.4, 0.5) is 5.69 Å². The van der Waals surface area contributed by atoms with Gasteiger partial charge in [-0.2, -0.15) is 0 Å². The minimum atomic E-state index is -0.953. The summed E-state index contributed by atoms with van der Waals surface area (Å²) >= 11 is 0. The van der Waals surface area contributed by atoms with E-state index in [2.05, 4.69) is 31.3 Å². The van der Waals surface area contributed by atoms with Gasteiger partial charge in [-0.25, -0.2) is 9.59 Å². The third kappa shape index (κ3) is 5.35. The molecule has 0 aliphatic carbocycles. The van der Waals surface area contributed by atoms with Crippen molar-refractivity contribution in [1.82, 2.24) is 4.90 Å². The van der Waals surface area contributed by atoms with Crippen molar-refractivity contribution in [3.8, 4) is 5.75 Å². The molecule has 4 fully saturated rings. The van der Waals surface area contributed by atoms with E-state index in [1.165, 1.54) is 78.5 Å². The number of hydrogen-bond acceptors (Lipinski definition) is 7. The molecule has 250 valence electrons. The third-order valence-electron chi connectivity index (χ3n) is 11.4. The number of nitro groups is 1. The molecule has 1 amide bonds. The number of hydrogen-bond donors (Lipinski definition) is 0. The van der Waals surface area contributed by atoms with Gasteiger partial charge in [-0.15, -0.1) is 0 Å². The number of ether oxygens (including phenoxy) is 2. The first-order valence-electron chi connectivity index (χ1n) is 16.8. The highest BCUT2D eigenvalue weighted by molar-refractivity contribution is 6.06. The number of β-lactam (4-membered cyclic amide) rings is 1. The lowest BCUT2D eigenvalue weighted by Crippen LogP contribution is -2.73. The first-order valence-corrected chi connectivity index (χ1v) is 16.8. The van der Waals surface area contributed by atoms with Crippen LogP contribution in [0.5, 0.6) is 5.75 Å². The fourth-order valence-corrected chi connectivity index (χ4v) is 8.32. The monoisotopic (exact) mass is 654 g/mol. The van der Waals surface area contributed by atoms with E-state index in [9.17, 15) is 24.5 Å². The van der Waals surface area contributed by atoms with Crippen molar-refractivity contribution >= 4 is 34.3 Å². The standard InChI is InChI=1S/C37H42N4O7/c1-23(2)32-33-24(3)30(34(38(33)35(32)42)37(44)48-36(43)25-11-13-27(14-12-25)39(45)46)22-47-31-10-6-8-28-26(7-5-9-29(28)31)21-41-18-15-40(4,16-19-41)17-20-41/h5-14,23-24,32-33H,15-22H2,1-4H3/q+2/t24-,32+,33+,40?,41?/m0/s1. The number of likely N-dealkylation sites (N-methyl/N-ethyl adjacent to an activating group) is 1. The molecule has 11 nitrogen and oxygen atoms in total. The van der Waals surface area contributed by atoms with Crippen molar-refractivity contribution in [3.63, 3.8) is 0 Å². The van der Waals surface area contributed by atoms with Crippen LogP contribution >= 0.6 is 0 Å². The second-order valence-corrected chi connectivity index (χ2v) is 14.6. The number of esters is 2. The number of carbonyl (C=O) groups is 3. The van der Waals surface area contributed by atoms with Gasteiger partial charge in [-0.05, 0) is 29.5 Å². The summed E-state index contributed by atoms with van der Waals surface area (Å²) in [7, 11) is 2.37. The summed E-state index contributed by atoms with van der Waals surface area (Å²) in [5.41, 5.74) is 1.75. The number of amides is 1. The van der Waals surface area contributed by atoms with Crippen LogP contribution in [-0.4, -0.2) is 95.6 Å². The predicted octanol–water partition coefficient (Wildman–Crippen LogP) is 4.69. The molecule has 4 saturated heterocycles. The first-order chi connectivity index (χ1) is 22.9. The Labute approximate surface area is 279 Å². The second kappa shape index (κ2) is 11.8. The normalized spacial score (nSPS) is 27.6. The number of piperazine rings is 3. The number of quaternary nitrogens is 2. The second-order valence-electron chi connectivity index (χ2n) is 14.6. The van der Waals surface area contributed by atoms with Gasteiger partial charge in [0.1, 0.15) is 63.9 Å². The van der Waals surface area contributed by atoms with Gasteiger partial charge < -0.3 is 23.3 Å². The van der Waals surface area contributed by atoms with Crippen molar-refractivity contribution in [2.75, 3.05) is 52.9 Å². The smallest absolute Gasteiger partial charge is 0.363 e. The molecule has 8 rings (SSSR count). The summed E-state index contributed by atoms with van der Waals surface area (Å²) in [5, 5.41) is 13.2. The largest absolute Gasteiger partial charge is 0.488 e. The summed E-state index contributed by atoms with van der Waals surface area (Å²) < 4.78 is 14.1. The predicted molar refractivity (Wildman–Crippen MR) is 177 cm³/mol. The number of fused-ring (bicyclic) bond motifs is 5. The molecule has 3 atom stereocenters. The molecule has 5 heterocycles. The number of nitro benzene ring substituents is 1. The number of non-ortho nitro benzene ring substituents is 1. The van der Waals surface area contributed by atoms with E-state index >= 15 is 0 Å². The molecule has 3 aromatic rings. The maximum Gasteiger partial charge on any atom is 0.363 e. The molecule has 0 saturated carbocycles. The fraction of sp³-hybridized carbons (Fsp3) is 0.432. The van der Waals surface area contributed by atoms with Crippen molar-refractivity contribution in [2.45, 2.75) is 33.4 Å². The number of benzene rings is 3. The Kier molecular flexibility index (Phi) is 7.87. The Bertz CT molecular complexity index is 1840. The minimum absolute atomic E-state index is 0.0100. The van der Waals surface area contributed by atoms with Gasteiger partial charge in [0.05, 0.1) is 29.5 Å². The molecule has 11 heteroatoms. The highest BCUT2D eigenvalue weighted by atomic mass is 16.6. The molecule has 0 radical (unpaired) electrons. The maximum absolute atomic E-state index is 13.7. The van der Waals surface area contributed by atoms with Crippen molar-refractivity contribution in [3.05, 3.63) is 93.2 Å². The highest BCUT2D eigenvalue weighted by Gasteiger charge is 2.59. The lowest BCUT2D eigenvalue weighted by molar-refractivity contribution is -1.08. The van der Waals surface area contributed by atoms with Gasteiger partial charge in [-0.3, -0.25) is 14.9 Å². The van der Waals surface area contributed by atoms with Crippen LogP contribution in [-0.2, 0) is 20.9 Å². The van der Waals surface area contributed by atoms with E-state index in [1.54, 1.807) is 0 Å². The summed E-state index contributed by atoms with van der Waals surface area (Å²) in [6.45, 7) is 14.2. The molecule has 5 aliphatic rings. The van der Waals surface area contributed by atoms with E-state index in [-0.39, 0.29) is 53.3 Å². The third-order valence-corrected chi connectivity index (χ3v) is 11.4. The van der Waals surface area contributed by atoms with E-state index in [1.807, 2.05) is 32.9 Å². The van der Waals surface area contributed by atoms with E-state index in [0.29, 0.717) is 11.3 Å². The van der Waals surface area contributed by atoms with Gasteiger partial charge in [0.15, 0.2) is 0 Å². The SMILES string of the molecule is CC(C)[C@H]1C(=O)N2C(C(=O)OC(=O)c3ccc([N+](=O)[O-])cc3)=C(COc3cccc4c(C[N+]56CC[N+](C)(CC5)CC6)cccc34)[C@H](C)[C@H]12. The summed E-state index contributed by atoms with van der Waals surface area (Å²) in [6, 6.07) is 17.0. The van der Waals surface area contributed by atoms with Crippen LogP contribution in [0.25, 0.3) is 10.8 Å². The number of nitrogens with zero attached hydrogens (tertiary/aromatic N) is 4. The zero-order valence-corrected chi connectivity index (χ0v) is 27.9. The van der Waals surface area contributed by atoms with Crippen LogP contribution in [0.2, 0.25) is 0 Å². The molecule has 0 unspecified atom stereocenters. The summed E-state index contributed by atoms with van der Waals surface area (Å²) in [4.78, 5) is 51.9. The molecule has 2 bridgehead atoms. The van der Waals surface area contributed by atoms with Crippen molar-refractivity contribution < 1.29 is 37.7 Å². The Morgan fingerprint density at radius 3 is 2.23 bits per heavy atom. The lowest BCUT2D eigenvalue weighted by atomic mass is 9.74. The van der Waals surface area contributed by atoms with Crippen LogP contribution in [0.15, 0.2) is 71.9 Å². The van der Waals surface area contributed by atoms with Crippen LogP contribution in [0, 0.1) is 27.9 Å². The van der Waals surface area contributed by atoms with E-state index in [0.717, 1.165) is 21.8 Å². The average molecular weight is 655 g/mol. The van der Waals surface area contributed by atoms with Gasteiger partial charge in [0, 0.05) is 34.6 Å². The lowest BCUT2D eigenvalue weighted by Gasteiger charge is -2.54. The molecule has 48 heavy (non-hydrogen) atoms. The Morgan fingerprint density at radius 1 is 0.938 bits per heavy atom. The van der Waals surface area contributed by atoms with E-state index in [4.69, 9.17) is 9.47 Å². The maximum atomic E-state index is 13.7. The van der Waals surface area contributed by atoms with Crippen molar-refractivity contribution in [1.29, 1.82) is 0 Å². The van der Waals surface area contributed by atoms with Gasteiger partial charge in [0.25, 0.3) is 5.69 Å². The Balaban J connectivity index is 1.15. The molecule has 0 N–H and O–H groups in total. The number of carbonyl (C=O) groups excluding carboxylic acids is 3. The molecule has 3 aromatic carbocycles. The van der Waals surface area contributed by atoms with E-state index < -0.39 is 16.9 Å². The molecule has 0 aromatic heterocycles. The quantitative estimate of drug-likeness (QED) is 0.0821. The summed E-state index contributed by atoms with van der Waals surface area (Å²) in [6.07, 6.45) is 0. The highest BCUT2D eigenvalue weighted by Crippen LogP contribution is 2.49. The van der Waals surface area contributed by atoms with Gasteiger partial charge >= 0.3 is 11.9 Å². The molecular weight excluding hydrogens is 612 g/mol. The minimum Gasteiger partial charge on any atom is -0.488 e. The van der Waals surface area contributed by atoms with Gasteiger partial charge in [-0.1, -0.05) is 51.1 Å². The Morgan fingerprint density at radius 2 is 1.58 bits per heavy atom. The zero-order chi connectivity index (χ0) is 34.0. The van der Waals surface area contributed by atoms with Crippen molar-refractivity contribution in [2.24, 2.45) is 17.8 Å². The Hall–Kier alpha value is -4.61. The summed E-state index contributed by atoms with van der Waals surface area (Å²) in [5.74, 6) is -1.78. The van der Waals surface area contributed by atoms with Crippen LogP contribution in [0.3, 0.4) is 0 Å². The van der Waals surface area contributed by atoms with Crippen LogP contribution in [0.1, 0.15) is 36.7 Å². The fourth-order valence-electron chi connectivity index (χ4n) is 8.32. The average Bonchev–Trinajstić information content (AvgIpc) is 3.31. The number of rotatable bonds is 9.